The van der Waals surface area contributed by atoms with Crippen LogP contribution in [0.4, 0.5) is 5.69 Å². The lowest BCUT2D eigenvalue weighted by molar-refractivity contribution is -0.141. The number of nitrogens with one attached hydrogen (secondary N) is 1. The van der Waals surface area contributed by atoms with Crippen molar-refractivity contribution < 1.29 is 14.4 Å². The zero-order valence-corrected chi connectivity index (χ0v) is 14.9. The van der Waals surface area contributed by atoms with Crippen molar-refractivity contribution in [1.82, 2.24) is 10.2 Å². The van der Waals surface area contributed by atoms with Crippen LogP contribution >= 0.6 is 0 Å². The van der Waals surface area contributed by atoms with Crippen LogP contribution < -0.4 is 10.2 Å². The van der Waals surface area contributed by atoms with Crippen molar-refractivity contribution in [2.45, 2.75) is 31.8 Å². The van der Waals surface area contributed by atoms with Crippen molar-refractivity contribution in [3.63, 3.8) is 0 Å². The molecule has 0 unspecified atom stereocenters. The molecule has 3 heterocycles. The van der Waals surface area contributed by atoms with Crippen molar-refractivity contribution in [2.75, 3.05) is 19.0 Å². The zero-order valence-electron chi connectivity index (χ0n) is 14.9. The molecule has 132 valence electrons. The Kier molecular flexibility index (Phi) is 3.35. The summed E-state index contributed by atoms with van der Waals surface area (Å²) in [4.78, 5) is 41.8. The van der Waals surface area contributed by atoms with Crippen LogP contribution in [0.1, 0.15) is 25.8 Å². The molecule has 1 N–H and O–H groups in total. The number of fused-ring (bicyclic) bond motifs is 4. The number of likely N-dealkylation sites (N-methyl/N-ethyl adjacent to an activating group) is 1. The topological polar surface area (TPSA) is 69.7 Å². The van der Waals surface area contributed by atoms with Crippen LogP contribution in [0.15, 0.2) is 24.3 Å². The highest BCUT2D eigenvalue weighted by Gasteiger charge is 2.70. The quantitative estimate of drug-likeness (QED) is 0.818. The lowest BCUT2D eigenvalue weighted by Gasteiger charge is -2.29. The van der Waals surface area contributed by atoms with E-state index in [2.05, 4.69) is 19.2 Å². The summed E-state index contributed by atoms with van der Waals surface area (Å²) in [5.41, 5.74) is 0.478. The van der Waals surface area contributed by atoms with Gasteiger partial charge in [-0.05, 0) is 18.4 Å². The Hall–Kier alpha value is -2.21. The van der Waals surface area contributed by atoms with E-state index in [0.29, 0.717) is 5.92 Å². The smallest absolute Gasteiger partial charge is 0.252 e. The first-order valence-corrected chi connectivity index (χ1v) is 8.77. The molecule has 0 radical (unpaired) electrons. The summed E-state index contributed by atoms with van der Waals surface area (Å²) in [6.07, 6.45) is 0.745. The molecule has 4 rings (SSSR count). The van der Waals surface area contributed by atoms with Gasteiger partial charge in [0.05, 0.1) is 11.8 Å². The van der Waals surface area contributed by atoms with Crippen LogP contribution in [0.2, 0.25) is 0 Å². The van der Waals surface area contributed by atoms with Crippen LogP contribution in [0.5, 0.6) is 0 Å². The fraction of sp³-hybridized carbons (Fsp3) is 0.526. The largest absolute Gasteiger partial charge is 0.313 e. The molecule has 6 heteroatoms. The van der Waals surface area contributed by atoms with Crippen LogP contribution in [0.3, 0.4) is 0 Å². The van der Waals surface area contributed by atoms with E-state index in [1.54, 1.807) is 11.9 Å². The maximum absolute atomic E-state index is 13.3. The number of rotatable bonds is 2. The van der Waals surface area contributed by atoms with E-state index in [9.17, 15) is 14.4 Å². The third-order valence-corrected chi connectivity index (χ3v) is 5.94. The van der Waals surface area contributed by atoms with E-state index in [-0.39, 0.29) is 23.8 Å². The summed E-state index contributed by atoms with van der Waals surface area (Å²) < 4.78 is 0. The minimum Gasteiger partial charge on any atom is -0.313 e. The number of para-hydroxylation sites is 1. The number of likely N-dealkylation sites (tertiary alicyclic amines) is 1. The lowest BCUT2D eigenvalue weighted by atomic mass is 9.76. The molecule has 3 aliphatic rings. The molecule has 3 aliphatic heterocycles. The minimum atomic E-state index is -1.13. The van der Waals surface area contributed by atoms with Crippen molar-refractivity contribution in [3.8, 4) is 0 Å². The number of anilines is 1. The Morgan fingerprint density at radius 2 is 1.76 bits per heavy atom. The summed E-state index contributed by atoms with van der Waals surface area (Å²) in [6.45, 7) is 4.17. The molecule has 2 fully saturated rings. The van der Waals surface area contributed by atoms with E-state index in [1.165, 1.54) is 11.9 Å². The molecule has 1 spiro atoms. The van der Waals surface area contributed by atoms with Crippen molar-refractivity contribution in [1.29, 1.82) is 0 Å². The van der Waals surface area contributed by atoms with Crippen molar-refractivity contribution in [2.24, 2.45) is 17.8 Å². The van der Waals surface area contributed by atoms with Gasteiger partial charge in [0, 0.05) is 31.4 Å². The highest BCUT2D eigenvalue weighted by atomic mass is 16.2. The van der Waals surface area contributed by atoms with Gasteiger partial charge < -0.3 is 4.90 Å². The van der Waals surface area contributed by atoms with Gasteiger partial charge in [-0.25, -0.2) is 0 Å². The van der Waals surface area contributed by atoms with E-state index < -0.39 is 17.4 Å². The third kappa shape index (κ3) is 1.86. The van der Waals surface area contributed by atoms with E-state index in [1.807, 2.05) is 24.3 Å². The molecule has 6 nitrogen and oxygen atoms in total. The third-order valence-electron chi connectivity index (χ3n) is 5.94. The second kappa shape index (κ2) is 5.14. The maximum Gasteiger partial charge on any atom is 0.252 e. The number of imide groups is 1. The van der Waals surface area contributed by atoms with Gasteiger partial charge >= 0.3 is 0 Å². The number of nitrogens with zero attached hydrogens (tertiary/aromatic N) is 2. The second-order valence-corrected chi connectivity index (χ2v) is 7.81. The van der Waals surface area contributed by atoms with Gasteiger partial charge in [0.2, 0.25) is 11.8 Å². The average Bonchev–Trinajstić information content (AvgIpc) is 3.10. The molecule has 25 heavy (non-hydrogen) atoms. The van der Waals surface area contributed by atoms with Crippen LogP contribution in [-0.4, -0.2) is 42.8 Å². The van der Waals surface area contributed by atoms with Crippen molar-refractivity contribution in [3.05, 3.63) is 29.8 Å². The molecule has 4 atom stereocenters. The Balaban J connectivity index is 1.92. The molecule has 0 saturated carbocycles. The molecule has 0 bridgehead atoms. The Labute approximate surface area is 147 Å². The zero-order chi connectivity index (χ0) is 18.1. The van der Waals surface area contributed by atoms with E-state index in [4.69, 9.17) is 0 Å². The Morgan fingerprint density at radius 1 is 1.08 bits per heavy atom. The van der Waals surface area contributed by atoms with Gasteiger partial charge in [0.1, 0.15) is 5.54 Å². The fourth-order valence-electron chi connectivity index (χ4n) is 4.91. The predicted octanol–water partition coefficient (Wildman–Crippen LogP) is 1.11. The summed E-state index contributed by atoms with van der Waals surface area (Å²) in [5, 5.41) is 3.46. The molecular weight excluding hydrogens is 318 g/mol. The highest BCUT2D eigenvalue weighted by molar-refractivity contribution is 6.15. The average molecular weight is 341 g/mol. The van der Waals surface area contributed by atoms with Crippen LogP contribution in [-0.2, 0) is 19.9 Å². The summed E-state index contributed by atoms with van der Waals surface area (Å²) >= 11 is 0. The number of hydrogen-bond donors (Lipinski definition) is 1. The normalized spacial score (nSPS) is 33.8. The monoisotopic (exact) mass is 341 g/mol. The number of hydrogen-bond acceptors (Lipinski definition) is 4. The molecule has 1 aromatic rings. The minimum absolute atomic E-state index is 0.147. The molecule has 0 aliphatic carbocycles. The first-order chi connectivity index (χ1) is 11.8. The molecule has 3 amide bonds. The number of carbonyl (C=O) groups excluding carboxylic acids is 3. The van der Waals surface area contributed by atoms with Gasteiger partial charge in [-0.15, -0.1) is 0 Å². The second-order valence-electron chi connectivity index (χ2n) is 7.81. The SMILES string of the molecule is CC(C)C[C@@H]1N[C@]2(C(=O)N(C)c3ccccc32)[C@H]2C(=O)N(C)C(=O)[C@@H]12. The predicted molar refractivity (Wildman–Crippen MR) is 92.7 cm³/mol. The van der Waals surface area contributed by atoms with Gasteiger partial charge in [-0.2, -0.15) is 0 Å². The number of amides is 3. The number of carbonyl (C=O) groups is 3. The van der Waals surface area contributed by atoms with Crippen molar-refractivity contribution >= 4 is 23.4 Å². The van der Waals surface area contributed by atoms with E-state index >= 15 is 0 Å². The van der Waals surface area contributed by atoms with Crippen LogP contribution in [0, 0.1) is 17.8 Å². The molecule has 1 aromatic carbocycles. The van der Waals surface area contributed by atoms with Gasteiger partial charge in [-0.1, -0.05) is 32.0 Å². The summed E-state index contributed by atoms with van der Waals surface area (Å²) in [7, 11) is 3.26. The van der Waals surface area contributed by atoms with Crippen LogP contribution in [0.25, 0.3) is 0 Å². The fourth-order valence-corrected chi connectivity index (χ4v) is 4.91. The molecule has 2 saturated heterocycles. The summed E-state index contributed by atoms with van der Waals surface area (Å²) in [6, 6.07) is 7.36. The molecule has 0 aromatic heterocycles. The standard InChI is InChI=1S/C19H23N3O3/c1-10(2)9-12-14-15(17(24)22(4)16(14)23)19(20-12)11-7-5-6-8-13(11)21(3)18(19)25/h5-8,10,12,14-15,20H,9H2,1-4H3/t12-,14-,15+,19-/m0/s1. The van der Waals surface area contributed by atoms with E-state index in [0.717, 1.165) is 17.7 Å². The van der Waals surface area contributed by atoms with Gasteiger partial charge in [0.15, 0.2) is 0 Å². The Morgan fingerprint density at radius 3 is 2.44 bits per heavy atom. The first kappa shape index (κ1) is 16.3. The lowest BCUT2D eigenvalue weighted by Crippen LogP contribution is -2.54. The van der Waals surface area contributed by atoms with Gasteiger partial charge in [-0.3, -0.25) is 24.6 Å². The van der Waals surface area contributed by atoms with Gasteiger partial charge in [0.25, 0.3) is 5.91 Å². The highest BCUT2D eigenvalue weighted by Crippen LogP contribution is 2.54. The molecular formula is C19H23N3O3. The first-order valence-electron chi connectivity index (χ1n) is 8.77. The maximum atomic E-state index is 13.3. The number of benzene rings is 1. The summed E-state index contributed by atoms with van der Waals surface area (Å²) in [5.74, 6) is -1.38. The Bertz CT molecular complexity index is 790.